The molecular formula is C10H4Cl2. The van der Waals surface area contributed by atoms with E-state index < -0.39 is 0 Å². The van der Waals surface area contributed by atoms with Crippen molar-refractivity contribution in [3.8, 4) is 0 Å². The zero-order chi connectivity index (χ0) is 8.55. The molecule has 0 heterocycles. The maximum atomic E-state index is 5.90. The average Bonchev–Trinajstić information content (AvgIpc) is 2.07. The van der Waals surface area contributed by atoms with Crippen LogP contribution in [-0.2, 0) is 0 Å². The summed E-state index contributed by atoms with van der Waals surface area (Å²) < 4.78 is 0. The normalized spacial score (nSPS) is 10.5. The van der Waals surface area contributed by atoms with Gasteiger partial charge in [-0.3, -0.25) is 0 Å². The SMILES string of the molecule is Clc1[c]ccc2c(Cl)[c]ccc12. The van der Waals surface area contributed by atoms with E-state index in [1.54, 1.807) is 12.1 Å². The topological polar surface area (TPSA) is 0 Å². The van der Waals surface area contributed by atoms with Crippen molar-refractivity contribution in [3.05, 3.63) is 46.4 Å². The molecule has 0 fully saturated rings. The molecule has 2 radical (unpaired) electrons. The molecule has 2 aromatic carbocycles. The molecule has 0 amide bonds. The fraction of sp³-hybridized carbons (Fsp3) is 0. The standard InChI is InChI=1S/C10H4Cl2/c11-9-5-1-3-7-8(9)4-2-6-10(7)12/h1-4H. The van der Waals surface area contributed by atoms with Gasteiger partial charge < -0.3 is 0 Å². The molecule has 0 N–H and O–H groups in total. The Labute approximate surface area is 80.7 Å². The molecule has 2 rings (SSSR count). The van der Waals surface area contributed by atoms with E-state index in [2.05, 4.69) is 12.1 Å². The molecule has 2 aromatic rings. The van der Waals surface area contributed by atoms with E-state index in [1.807, 2.05) is 12.1 Å². The second kappa shape index (κ2) is 2.96. The molecule has 0 saturated carbocycles. The van der Waals surface area contributed by atoms with Crippen molar-refractivity contribution in [2.45, 2.75) is 0 Å². The van der Waals surface area contributed by atoms with Crippen LogP contribution in [0.25, 0.3) is 10.8 Å². The quantitative estimate of drug-likeness (QED) is 0.600. The summed E-state index contributed by atoms with van der Waals surface area (Å²) in [6.07, 6.45) is 0. The molecule has 0 aliphatic rings. The Balaban J connectivity index is 2.94. The highest BCUT2D eigenvalue weighted by molar-refractivity contribution is 6.39. The first-order valence-corrected chi connectivity index (χ1v) is 4.21. The van der Waals surface area contributed by atoms with Crippen molar-refractivity contribution in [3.63, 3.8) is 0 Å². The van der Waals surface area contributed by atoms with Crippen LogP contribution < -0.4 is 0 Å². The highest BCUT2D eigenvalue weighted by Gasteiger charge is 2.00. The monoisotopic (exact) mass is 194 g/mol. The first-order valence-electron chi connectivity index (χ1n) is 3.45. The summed E-state index contributed by atoms with van der Waals surface area (Å²) in [4.78, 5) is 0. The highest BCUT2D eigenvalue weighted by Crippen LogP contribution is 2.27. The smallest absolute Gasteiger partial charge is 0.0563 e. The highest BCUT2D eigenvalue weighted by atomic mass is 35.5. The van der Waals surface area contributed by atoms with E-state index >= 15 is 0 Å². The Hall–Kier alpha value is -0.720. The third kappa shape index (κ3) is 1.17. The molecule has 0 aromatic heterocycles. The van der Waals surface area contributed by atoms with Gasteiger partial charge in [-0.25, -0.2) is 0 Å². The lowest BCUT2D eigenvalue weighted by Crippen LogP contribution is -1.75. The van der Waals surface area contributed by atoms with Crippen molar-refractivity contribution < 1.29 is 0 Å². The molecule has 0 aliphatic heterocycles. The maximum absolute atomic E-state index is 5.90. The van der Waals surface area contributed by atoms with E-state index in [1.165, 1.54) is 0 Å². The van der Waals surface area contributed by atoms with Gasteiger partial charge in [-0.2, -0.15) is 0 Å². The van der Waals surface area contributed by atoms with Crippen LogP contribution in [0, 0.1) is 12.1 Å². The molecule has 0 spiro atoms. The van der Waals surface area contributed by atoms with Crippen LogP contribution in [0.2, 0.25) is 10.0 Å². The van der Waals surface area contributed by atoms with Gasteiger partial charge in [0.15, 0.2) is 0 Å². The minimum atomic E-state index is 0.600. The number of halogens is 2. The van der Waals surface area contributed by atoms with E-state index in [0.717, 1.165) is 10.8 Å². The summed E-state index contributed by atoms with van der Waals surface area (Å²) in [6, 6.07) is 13.0. The molecule has 0 nitrogen and oxygen atoms in total. The predicted molar refractivity (Wildman–Crippen MR) is 51.6 cm³/mol. The third-order valence-electron chi connectivity index (χ3n) is 1.68. The Morgan fingerprint density at radius 3 is 1.67 bits per heavy atom. The first-order chi connectivity index (χ1) is 5.79. The van der Waals surface area contributed by atoms with E-state index in [4.69, 9.17) is 23.2 Å². The summed E-state index contributed by atoms with van der Waals surface area (Å²) in [5.41, 5.74) is 0. The Morgan fingerprint density at radius 2 is 1.25 bits per heavy atom. The fourth-order valence-electron chi connectivity index (χ4n) is 1.11. The zero-order valence-corrected chi connectivity index (χ0v) is 7.58. The first kappa shape index (κ1) is 7.90. The van der Waals surface area contributed by atoms with Crippen LogP contribution >= 0.6 is 23.2 Å². The van der Waals surface area contributed by atoms with Gasteiger partial charge in [0.2, 0.25) is 0 Å². The lowest BCUT2D eigenvalue weighted by atomic mass is 10.1. The van der Waals surface area contributed by atoms with Crippen LogP contribution in [0.4, 0.5) is 0 Å². The summed E-state index contributed by atoms with van der Waals surface area (Å²) in [5, 5.41) is 3.04. The van der Waals surface area contributed by atoms with Crippen molar-refractivity contribution in [2.24, 2.45) is 0 Å². The number of hydrogen-bond donors (Lipinski definition) is 0. The Kier molecular flexibility index (Phi) is 1.95. The molecule has 2 heteroatoms. The number of fused-ring (bicyclic) bond motifs is 1. The number of rotatable bonds is 0. The van der Waals surface area contributed by atoms with Crippen molar-refractivity contribution in [1.29, 1.82) is 0 Å². The van der Waals surface area contributed by atoms with Crippen LogP contribution in [0.15, 0.2) is 24.3 Å². The van der Waals surface area contributed by atoms with E-state index in [-0.39, 0.29) is 0 Å². The predicted octanol–water partition coefficient (Wildman–Crippen LogP) is 3.75. The molecule has 0 bridgehead atoms. The average molecular weight is 195 g/mol. The Morgan fingerprint density at radius 1 is 0.833 bits per heavy atom. The van der Waals surface area contributed by atoms with Gasteiger partial charge in [-0.05, 0) is 0 Å². The number of hydrogen-bond acceptors (Lipinski definition) is 0. The molecule has 0 atom stereocenters. The summed E-state index contributed by atoms with van der Waals surface area (Å²) >= 11 is 11.8. The lowest BCUT2D eigenvalue weighted by Gasteiger charge is -1.99. The van der Waals surface area contributed by atoms with Crippen LogP contribution in [0.5, 0.6) is 0 Å². The molecular weight excluding hydrogens is 191 g/mol. The third-order valence-corrected chi connectivity index (χ3v) is 2.31. The minimum absolute atomic E-state index is 0.600. The van der Waals surface area contributed by atoms with Gasteiger partial charge in [0, 0.05) is 22.9 Å². The van der Waals surface area contributed by atoms with Gasteiger partial charge in [0.25, 0.3) is 0 Å². The van der Waals surface area contributed by atoms with Gasteiger partial charge in [-0.15, -0.1) is 0 Å². The Bertz CT molecular complexity index is 380. The molecule has 0 unspecified atom stereocenters. The van der Waals surface area contributed by atoms with Crippen LogP contribution in [0.1, 0.15) is 0 Å². The maximum Gasteiger partial charge on any atom is 0.0563 e. The van der Waals surface area contributed by atoms with E-state index in [0.29, 0.717) is 10.0 Å². The molecule has 58 valence electrons. The molecule has 0 saturated heterocycles. The minimum Gasteiger partial charge on any atom is -0.0830 e. The van der Waals surface area contributed by atoms with Crippen LogP contribution in [0.3, 0.4) is 0 Å². The van der Waals surface area contributed by atoms with Crippen molar-refractivity contribution in [2.75, 3.05) is 0 Å². The largest absolute Gasteiger partial charge is 0.0830 e. The second-order valence-electron chi connectivity index (χ2n) is 2.41. The van der Waals surface area contributed by atoms with Gasteiger partial charge in [0.05, 0.1) is 10.0 Å². The second-order valence-corrected chi connectivity index (χ2v) is 3.17. The van der Waals surface area contributed by atoms with Gasteiger partial charge >= 0.3 is 0 Å². The van der Waals surface area contributed by atoms with E-state index in [9.17, 15) is 0 Å². The fourth-order valence-corrected chi connectivity index (χ4v) is 1.57. The zero-order valence-electron chi connectivity index (χ0n) is 6.07. The summed E-state index contributed by atoms with van der Waals surface area (Å²) in [6.45, 7) is 0. The number of benzene rings is 2. The van der Waals surface area contributed by atoms with Gasteiger partial charge in [-0.1, -0.05) is 47.5 Å². The lowest BCUT2D eigenvalue weighted by molar-refractivity contribution is 1.72. The van der Waals surface area contributed by atoms with Crippen molar-refractivity contribution in [1.82, 2.24) is 0 Å². The van der Waals surface area contributed by atoms with Crippen LogP contribution in [-0.4, -0.2) is 0 Å². The van der Waals surface area contributed by atoms with Crippen molar-refractivity contribution >= 4 is 34.0 Å². The molecule has 0 aliphatic carbocycles. The van der Waals surface area contributed by atoms with Gasteiger partial charge in [0.1, 0.15) is 0 Å². The molecule has 12 heavy (non-hydrogen) atoms. The summed E-state index contributed by atoms with van der Waals surface area (Å²) in [5.74, 6) is 0. The summed E-state index contributed by atoms with van der Waals surface area (Å²) in [7, 11) is 0.